The largest absolute Gasteiger partial charge is 0.494 e. The maximum Gasteiger partial charge on any atom is 0.119 e. The Labute approximate surface area is 111 Å². The van der Waals surface area contributed by atoms with E-state index in [-0.39, 0.29) is 0 Å². The van der Waals surface area contributed by atoms with Crippen LogP contribution in [-0.2, 0) is 0 Å². The second kappa shape index (κ2) is 9.92. The second-order valence-electron chi connectivity index (χ2n) is 4.29. The van der Waals surface area contributed by atoms with Crippen LogP contribution in [0.15, 0.2) is 30.3 Å². The third kappa shape index (κ3) is 6.62. The SMILES string of the molecule is CCN(CC)CCNCCCOc1ccccc1. The van der Waals surface area contributed by atoms with E-state index in [0.29, 0.717) is 0 Å². The van der Waals surface area contributed by atoms with Crippen molar-refractivity contribution in [2.45, 2.75) is 20.3 Å². The Morgan fingerprint density at radius 1 is 1.06 bits per heavy atom. The molecular formula is C15H26N2O. The zero-order valence-electron chi connectivity index (χ0n) is 11.7. The first-order valence-corrected chi connectivity index (χ1v) is 6.97. The first kappa shape index (κ1) is 15.0. The molecule has 0 bridgehead atoms. The van der Waals surface area contributed by atoms with E-state index in [1.807, 2.05) is 30.3 Å². The van der Waals surface area contributed by atoms with Crippen LogP contribution in [0.3, 0.4) is 0 Å². The molecule has 0 aliphatic carbocycles. The molecule has 0 saturated heterocycles. The summed E-state index contributed by atoms with van der Waals surface area (Å²) in [5.74, 6) is 0.959. The van der Waals surface area contributed by atoms with Crippen LogP contribution in [0.4, 0.5) is 0 Å². The highest BCUT2D eigenvalue weighted by Crippen LogP contribution is 2.07. The fraction of sp³-hybridized carbons (Fsp3) is 0.600. The standard InChI is InChI=1S/C15H26N2O/c1-3-17(4-2)13-12-16-11-8-14-18-15-9-6-5-7-10-15/h5-7,9-10,16H,3-4,8,11-14H2,1-2H3. The molecule has 0 aliphatic heterocycles. The molecule has 0 fully saturated rings. The monoisotopic (exact) mass is 250 g/mol. The van der Waals surface area contributed by atoms with Gasteiger partial charge >= 0.3 is 0 Å². The molecule has 0 unspecified atom stereocenters. The maximum absolute atomic E-state index is 5.63. The zero-order chi connectivity index (χ0) is 13.1. The van der Waals surface area contributed by atoms with Gasteiger partial charge in [0.05, 0.1) is 6.61 Å². The van der Waals surface area contributed by atoms with Crippen molar-refractivity contribution >= 4 is 0 Å². The van der Waals surface area contributed by atoms with Crippen LogP contribution < -0.4 is 10.1 Å². The smallest absolute Gasteiger partial charge is 0.119 e. The number of rotatable bonds is 10. The van der Waals surface area contributed by atoms with Crippen LogP contribution in [0.1, 0.15) is 20.3 Å². The second-order valence-corrected chi connectivity index (χ2v) is 4.29. The van der Waals surface area contributed by atoms with Crippen LogP contribution in [0.5, 0.6) is 5.75 Å². The Hall–Kier alpha value is -1.06. The number of ether oxygens (including phenoxy) is 1. The molecule has 0 saturated carbocycles. The van der Waals surface area contributed by atoms with Gasteiger partial charge in [-0.05, 0) is 38.2 Å². The van der Waals surface area contributed by atoms with E-state index in [4.69, 9.17) is 4.74 Å². The van der Waals surface area contributed by atoms with Crippen molar-refractivity contribution in [2.24, 2.45) is 0 Å². The Balaban J connectivity index is 1.93. The van der Waals surface area contributed by atoms with Crippen LogP contribution in [0.2, 0.25) is 0 Å². The summed E-state index contributed by atoms with van der Waals surface area (Å²) in [4.78, 5) is 2.42. The molecule has 1 aromatic carbocycles. The molecule has 1 N–H and O–H groups in total. The van der Waals surface area contributed by atoms with Crippen LogP contribution in [0, 0.1) is 0 Å². The first-order valence-electron chi connectivity index (χ1n) is 6.97. The minimum absolute atomic E-state index is 0.780. The molecule has 18 heavy (non-hydrogen) atoms. The molecule has 0 heterocycles. The summed E-state index contributed by atoms with van der Waals surface area (Å²) >= 11 is 0. The quantitative estimate of drug-likeness (QED) is 0.645. The average molecular weight is 250 g/mol. The summed E-state index contributed by atoms with van der Waals surface area (Å²) in [5, 5.41) is 3.45. The van der Waals surface area contributed by atoms with Crippen LogP contribution >= 0.6 is 0 Å². The minimum Gasteiger partial charge on any atom is -0.494 e. The number of hydrogen-bond donors (Lipinski definition) is 1. The lowest BCUT2D eigenvalue weighted by Gasteiger charge is -2.17. The van der Waals surface area contributed by atoms with E-state index in [1.54, 1.807) is 0 Å². The van der Waals surface area contributed by atoms with Gasteiger partial charge in [0.15, 0.2) is 0 Å². The topological polar surface area (TPSA) is 24.5 Å². The van der Waals surface area contributed by atoms with Crippen LogP contribution in [-0.4, -0.2) is 44.2 Å². The van der Waals surface area contributed by atoms with Crippen molar-refractivity contribution < 1.29 is 4.74 Å². The predicted octanol–water partition coefficient (Wildman–Crippen LogP) is 2.39. The summed E-state index contributed by atoms with van der Waals surface area (Å²) in [6.45, 7) is 10.7. The van der Waals surface area contributed by atoms with Crippen LogP contribution in [0.25, 0.3) is 0 Å². The zero-order valence-corrected chi connectivity index (χ0v) is 11.7. The summed E-state index contributed by atoms with van der Waals surface area (Å²) in [7, 11) is 0. The number of likely N-dealkylation sites (N-methyl/N-ethyl adjacent to an activating group) is 1. The highest BCUT2D eigenvalue weighted by Gasteiger charge is 1.97. The van der Waals surface area contributed by atoms with Gasteiger partial charge in [0.25, 0.3) is 0 Å². The van der Waals surface area contributed by atoms with Gasteiger partial charge < -0.3 is 15.0 Å². The van der Waals surface area contributed by atoms with E-state index < -0.39 is 0 Å². The molecule has 0 aliphatic rings. The number of benzene rings is 1. The lowest BCUT2D eigenvalue weighted by molar-refractivity contribution is 0.291. The fourth-order valence-corrected chi connectivity index (χ4v) is 1.81. The van der Waals surface area contributed by atoms with Crippen molar-refractivity contribution in [1.82, 2.24) is 10.2 Å². The molecule has 0 aromatic heterocycles. The van der Waals surface area contributed by atoms with Gasteiger partial charge in [-0.3, -0.25) is 0 Å². The van der Waals surface area contributed by atoms with E-state index >= 15 is 0 Å². The Morgan fingerprint density at radius 3 is 2.44 bits per heavy atom. The normalized spacial score (nSPS) is 10.8. The van der Waals surface area contributed by atoms with E-state index in [0.717, 1.165) is 51.5 Å². The van der Waals surface area contributed by atoms with Gasteiger partial charge in [0, 0.05) is 13.1 Å². The number of nitrogens with one attached hydrogen (secondary N) is 1. The van der Waals surface area contributed by atoms with Crippen molar-refractivity contribution in [1.29, 1.82) is 0 Å². The van der Waals surface area contributed by atoms with Gasteiger partial charge in [0.2, 0.25) is 0 Å². The molecule has 3 nitrogen and oxygen atoms in total. The maximum atomic E-state index is 5.63. The minimum atomic E-state index is 0.780. The fourth-order valence-electron chi connectivity index (χ4n) is 1.81. The molecule has 0 amide bonds. The van der Waals surface area contributed by atoms with Gasteiger partial charge in [-0.2, -0.15) is 0 Å². The molecule has 102 valence electrons. The molecule has 0 spiro atoms. The van der Waals surface area contributed by atoms with Crippen molar-refractivity contribution in [2.75, 3.05) is 39.3 Å². The van der Waals surface area contributed by atoms with Gasteiger partial charge in [0.1, 0.15) is 5.75 Å². The molecule has 1 rings (SSSR count). The summed E-state index contributed by atoms with van der Waals surface area (Å²) in [5.41, 5.74) is 0. The number of nitrogens with zero attached hydrogens (tertiary/aromatic N) is 1. The molecule has 0 radical (unpaired) electrons. The lowest BCUT2D eigenvalue weighted by Crippen LogP contribution is -2.32. The first-order chi connectivity index (χ1) is 8.86. The lowest BCUT2D eigenvalue weighted by atomic mass is 10.3. The predicted molar refractivity (Wildman–Crippen MR) is 77.2 cm³/mol. The van der Waals surface area contributed by atoms with E-state index in [9.17, 15) is 0 Å². The summed E-state index contributed by atoms with van der Waals surface area (Å²) in [6, 6.07) is 9.98. The molecule has 0 atom stereocenters. The van der Waals surface area contributed by atoms with E-state index in [1.165, 1.54) is 0 Å². The Kier molecular flexibility index (Phi) is 8.26. The number of hydrogen-bond acceptors (Lipinski definition) is 3. The molecule has 3 heteroatoms. The van der Waals surface area contributed by atoms with Crippen molar-refractivity contribution in [3.8, 4) is 5.75 Å². The molecule has 1 aromatic rings. The van der Waals surface area contributed by atoms with Gasteiger partial charge in [-0.25, -0.2) is 0 Å². The highest BCUT2D eigenvalue weighted by molar-refractivity contribution is 5.20. The summed E-state index contributed by atoms with van der Waals surface area (Å²) < 4.78 is 5.63. The van der Waals surface area contributed by atoms with Crippen molar-refractivity contribution in [3.63, 3.8) is 0 Å². The Morgan fingerprint density at radius 2 is 1.78 bits per heavy atom. The number of para-hydroxylation sites is 1. The molecular weight excluding hydrogens is 224 g/mol. The highest BCUT2D eigenvalue weighted by atomic mass is 16.5. The average Bonchev–Trinajstić information content (AvgIpc) is 2.43. The van der Waals surface area contributed by atoms with Crippen molar-refractivity contribution in [3.05, 3.63) is 30.3 Å². The van der Waals surface area contributed by atoms with Gasteiger partial charge in [-0.1, -0.05) is 32.0 Å². The third-order valence-electron chi connectivity index (χ3n) is 3.01. The van der Waals surface area contributed by atoms with E-state index in [2.05, 4.69) is 24.1 Å². The third-order valence-corrected chi connectivity index (χ3v) is 3.01. The summed E-state index contributed by atoms with van der Waals surface area (Å²) in [6.07, 6.45) is 1.05. The van der Waals surface area contributed by atoms with Gasteiger partial charge in [-0.15, -0.1) is 0 Å². The Bertz CT molecular complexity index is 286.